The number of aromatic nitrogens is 2. The van der Waals surface area contributed by atoms with Gasteiger partial charge in [-0.25, -0.2) is 4.98 Å². The molecule has 4 rings (SSSR count). The summed E-state index contributed by atoms with van der Waals surface area (Å²) in [7, 11) is 0. The normalized spacial score (nSPS) is 15.6. The highest BCUT2D eigenvalue weighted by Crippen LogP contribution is 2.23. The molecule has 184 valence electrons. The number of carbonyl (C=O) groups is 2. The van der Waals surface area contributed by atoms with Crippen molar-refractivity contribution in [1.29, 1.82) is 0 Å². The molecule has 1 fully saturated rings. The summed E-state index contributed by atoms with van der Waals surface area (Å²) in [5.74, 6) is 0.277. The number of hydrogen-bond acceptors (Lipinski definition) is 7. The fourth-order valence-electron chi connectivity index (χ4n) is 4.25. The molecule has 1 atom stereocenters. The molecule has 2 aromatic carbocycles. The average molecular weight is 493 g/mol. The number of esters is 1. The van der Waals surface area contributed by atoms with E-state index < -0.39 is 0 Å². The Morgan fingerprint density at radius 3 is 2.63 bits per heavy atom. The van der Waals surface area contributed by atoms with Crippen molar-refractivity contribution in [1.82, 2.24) is 14.3 Å². The molecule has 1 aliphatic rings. The lowest BCUT2D eigenvalue weighted by atomic mass is 9.98. The smallest absolute Gasteiger partial charge is 0.310 e. The molecule has 1 unspecified atom stereocenters. The van der Waals surface area contributed by atoms with Crippen LogP contribution in [0.25, 0.3) is 0 Å². The molecule has 0 spiro atoms. The van der Waals surface area contributed by atoms with Crippen molar-refractivity contribution in [3.63, 3.8) is 0 Å². The number of rotatable bonds is 9. The molecule has 0 saturated carbocycles. The fourth-order valence-corrected chi connectivity index (χ4v) is 4.93. The Hall–Kier alpha value is -3.26. The van der Waals surface area contributed by atoms with Crippen LogP contribution in [0, 0.1) is 12.8 Å². The number of likely N-dealkylation sites (tertiary alicyclic amines) is 1. The zero-order valence-corrected chi connectivity index (χ0v) is 21.2. The predicted octanol–water partition coefficient (Wildman–Crippen LogP) is 4.25. The van der Waals surface area contributed by atoms with Gasteiger partial charge in [0.1, 0.15) is 5.82 Å². The van der Waals surface area contributed by atoms with Crippen LogP contribution in [0.1, 0.15) is 42.3 Å². The third-order valence-electron chi connectivity index (χ3n) is 6.15. The highest BCUT2D eigenvalue weighted by molar-refractivity contribution is 7.09. The standard InChI is InChI=1S/C27H32N4O3S/c1-3-34-26(33)23-10-7-15-30(18-23)25(32)19-31(17-22-8-5-4-6-9-22)27-28-24(29-35-27)16-21-13-11-20(2)12-14-21/h4-6,8-9,11-14,23H,3,7,10,15-19H2,1-2H3. The average Bonchev–Trinajstić information content (AvgIpc) is 3.34. The van der Waals surface area contributed by atoms with E-state index in [9.17, 15) is 9.59 Å². The van der Waals surface area contributed by atoms with E-state index >= 15 is 0 Å². The number of carbonyl (C=O) groups excluding carboxylic acids is 2. The van der Waals surface area contributed by atoms with Gasteiger partial charge in [-0.05, 0) is 37.8 Å². The van der Waals surface area contributed by atoms with Gasteiger partial charge >= 0.3 is 5.97 Å². The monoisotopic (exact) mass is 492 g/mol. The number of nitrogens with zero attached hydrogens (tertiary/aromatic N) is 4. The Morgan fingerprint density at radius 1 is 1.11 bits per heavy atom. The zero-order valence-electron chi connectivity index (χ0n) is 20.4. The first-order valence-corrected chi connectivity index (χ1v) is 12.9. The largest absolute Gasteiger partial charge is 0.466 e. The molecule has 0 aliphatic carbocycles. The number of hydrogen-bond donors (Lipinski definition) is 0. The topological polar surface area (TPSA) is 75.6 Å². The Labute approximate surface area is 210 Å². The van der Waals surface area contributed by atoms with E-state index in [1.54, 1.807) is 11.8 Å². The third-order valence-corrected chi connectivity index (χ3v) is 6.96. The van der Waals surface area contributed by atoms with Crippen molar-refractivity contribution >= 4 is 28.5 Å². The second-order valence-corrected chi connectivity index (χ2v) is 9.66. The van der Waals surface area contributed by atoms with Crippen molar-refractivity contribution in [3.8, 4) is 0 Å². The van der Waals surface area contributed by atoms with Gasteiger partial charge < -0.3 is 14.5 Å². The summed E-state index contributed by atoms with van der Waals surface area (Å²) in [5, 5.41) is 0.725. The first-order valence-electron chi connectivity index (χ1n) is 12.1. The minimum absolute atomic E-state index is 0.00906. The summed E-state index contributed by atoms with van der Waals surface area (Å²) in [6.45, 7) is 6.04. The second kappa shape index (κ2) is 11.9. The second-order valence-electron chi connectivity index (χ2n) is 8.93. The molecule has 3 aromatic rings. The van der Waals surface area contributed by atoms with Crippen molar-refractivity contribution in [3.05, 3.63) is 77.1 Å². The van der Waals surface area contributed by atoms with E-state index in [0.29, 0.717) is 32.7 Å². The van der Waals surface area contributed by atoms with Crippen molar-refractivity contribution < 1.29 is 14.3 Å². The maximum absolute atomic E-state index is 13.3. The lowest BCUT2D eigenvalue weighted by Gasteiger charge is -2.33. The van der Waals surface area contributed by atoms with Gasteiger partial charge in [0, 0.05) is 37.6 Å². The quantitative estimate of drug-likeness (QED) is 0.416. The Balaban J connectivity index is 1.48. The van der Waals surface area contributed by atoms with Gasteiger partial charge in [-0.15, -0.1) is 0 Å². The van der Waals surface area contributed by atoms with E-state index in [4.69, 9.17) is 9.72 Å². The van der Waals surface area contributed by atoms with Crippen LogP contribution < -0.4 is 4.90 Å². The highest BCUT2D eigenvalue weighted by atomic mass is 32.1. The molecule has 1 aromatic heterocycles. The number of piperidine rings is 1. The summed E-state index contributed by atoms with van der Waals surface area (Å²) in [5.41, 5.74) is 3.47. The Kier molecular flexibility index (Phi) is 8.47. The molecule has 1 saturated heterocycles. The number of aryl methyl sites for hydroxylation is 1. The van der Waals surface area contributed by atoms with Crippen LogP contribution in [-0.4, -0.2) is 52.4 Å². The lowest BCUT2D eigenvalue weighted by molar-refractivity contribution is -0.151. The third kappa shape index (κ3) is 6.88. The minimum Gasteiger partial charge on any atom is -0.466 e. The van der Waals surface area contributed by atoms with Crippen LogP contribution in [0.5, 0.6) is 0 Å². The van der Waals surface area contributed by atoms with Gasteiger partial charge in [-0.1, -0.05) is 60.2 Å². The van der Waals surface area contributed by atoms with Gasteiger partial charge in [0.05, 0.1) is 19.1 Å². The molecule has 1 aliphatic heterocycles. The number of anilines is 1. The fraction of sp³-hybridized carbons (Fsp3) is 0.407. The highest BCUT2D eigenvalue weighted by Gasteiger charge is 2.30. The lowest BCUT2D eigenvalue weighted by Crippen LogP contribution is -2.46. The Morgan fingerprint density at radius 2 is 1.89 bits per heavy atom. The zero-order chi connectivity index (χ0) is 24.6. The van der Waals surface area contributed by atoms with E-state index in [0.717, 1.165) is 34.9 Å². The van der Waals surface area contributed by atoms with E-state index in [-0.39, 0.29) is 24.3 Å². The van der Waals surface area contributed by atoms with Crippen LogP contribution in [0.15, 0.2) is 54.6 Å². The van der Waals surface area contributed by atoms with Gasteiger partial charge in [-0.2, -0.15) is 4.37 Å². The summed E-state index contributed by atoms with van der Waals surface area (Å²) in [4.78, 5) is 34.1. The maximum atomic E-state index is 13.3. The molecule has 8 heteroatoms. The molecule has 0 N–H and O–H groups in total. The Bertz CT molecular complexity index is 1120. The van der Waals surface area contributed by atoms with Crippen molar-refractivity contribution in [2.24, 2.45) is 5.92 Å². The summed E-state index contributed by atoms with van der Waals surface area (Å²) in [6, 6.07) is 18.4. The van der Waals surface area contributed by atoms with Gasteiger partial charge in [-0.3, -0.25) is 9.59 Å². The van der Waals surface area contributed by atoms with Crippen LogP contribution in [0.2, 0.25) is 0 Å². The molecule has 7 nitrogen and oxygen atoms in total. The van der Waals surface area contributed by atoms with Crippen LogP contribution in [0.3, 0.4) is 0 Å². The van der Waals surface area contributed by atoms with Crippen LogP contribution in [-0.2, 0) is 27.3 Å². The van der Waals surface area contributed by atoms with Crippen molar-refractivity contribution in [2.45, 2.75) is 39.7 Å². The van der Waals surface area contributed by atoms with Gasteiger partial charge in [0.15, 0.2) is 0 Å². The molecule has 35 heavy (non-hydrogen) atoms. The first kappa shape index (κ1) is 24.9. The van der Waals surface area contributed by atoms with Gasteiger partial charge in [0.25, 0.3) is 0 Å². The number of ether oxygens (including phenoxy) is 1. The van der Waals surface area contributed by atoms with E-state index in [1.165, 1.54) is 17.1 Å². The predicted molar refractivity (Wildman–Crippen MR) is 137 cm³/mol. The van der Waals surface area contributed by atoms with Crippen molar-refractivity contribution in [2.75, 3.05) is 31.1 Å². The molecular formula is C27H32N4O3S. The SMILES string of the molecule is CCOC(=O)C1CCCN(C(=O)CN(Cc2ccccc2)c2nc(Cc3ccc(C)cc3)ns2)C1. The molecule has 1 amide bonds. The molecule has 2 heterocycles. The maximum Gasteiger partial charge on any atom is 0.310 e. The number of benzene rings is 2. The number of amides is 1. The van der Waals surface area contributed by atoms with E-state index in [2.05, 4.69) is 35.6 Å². The minimum atomic E-state index is -0.252. The van der Waals surface area contributed by atoms with Crippen LogP contribution in [0.4, 0.5) is 5.13 Å². The van der Waals surface area contributed by atoms with E-state index in [1.807, 2.05) is 35.2 Å². The molecule has 0 radical (unpaired) electrons. The summed E-state index contributed by atoms with van der Waals surface area (Å²) >= 11 is 1.32. The summed E-state index contributed by atoms with van der Waals surface area (Å²) in [6.07, 6.45) is 2.21. The van der Waals surface area contributed by atoms with Crippen LogP contribution >= 0.6 is 11.5 Å². The molecular weight excluding hydrogens is 460 g/mol. The van der Waals surface area contributed by atoms with Gasteiger partial charge in [0.2, 0.25) is 11.0 Å². The molecule has 0 bridgehead atoms. The first-order chi connectivity index (χ1) is 17.0. The summed E-state index contributed by atoms with van der Waals surface area (Å²) < 4.78 is 9.77.